The summed E-state index contributed by atoms with van der Waals surface area (Å²) < 4.78 is 5.40. The molecule has 0 saturated heterocycles. The highest BCUT2D eigenvalue weighted by Crippen LogP contribution is 2.34. The van der Waals surface area contributed by atoms with Crippen LogP contribution in [0.1, 0.15) is 25.3 Å². The van der Waals surface area contributed by atoms with Crippen molar-refractivity contribution < 1.29 is 4.74 Å². The fourth-order valence-corrected chi connectivity index (χ4v) is 2.26. The van der Waals surface area contributed by atoms with Gasteiger partial charge in [0, 0.05) is 0 Å². The van der Waals surface area contributed by atoms with Crippen LogP contribution in [0, 0.1) is 11.8 Å². The second-order valence-electron chi connectivity index (χ2n) is 4.62. The summed E-state index contributed by atoms with van der Waals surface area (Å²) in [5, 5.41) is 0. The van der Waals surface area contributed by atoms with Crippen molar-refractivity contribution in [2.75, 3.05) is 20.2 Å². The van der Waals surface area contributed by atoms with Crippen LogP contribution in [0.4, 0.5) is 0 Å². The van der Waals surface area contributed by atoms with E-state index < -0.39 is 0 Å². The van der Waals surface area contributed by atoms with Crippen LogP contribution in [0.3, 0.4) is 0 Å². The van der Waals surface area contributed by atoms with Gasteiger partial charge in [0.15, 0.2) is 0 Å². The molecule has 0 heterocycles. The molecular formula is C14H24N2O. The third kappa shape index (κ3) is 3.20. The minimum atomic E-state index is 0.356. The maximum absolute atomic E-state index is 5.76. The number of benzene rings is 1. The Morgan fingerprint density at radius 3 is 2.24 bits per heavy atom. The molecule has 4 N–H and O–H groups in total. The molecule has 1 aromatic rings. The zero-order chi connectivity index (χ0) is 12.8. The number of nitrogens with two attached hydrogens (primary N) is 2. The van der Waals surface area contributed by atoms with Crippen molar-refractivity contribution in [1.29, 1.82) is 0 Å². The fraction of sp³-hybridized carbons (Fsp3) is 0.571. The second-order valence-corrected chi connectivity index (χ2v) is 4.62. The Labute approximate surface area is 104 Å². The van der Waals surface area contributed by atoms with E-state index in [-0.39, 0.29) is 0 Å². The van der Waals surface area contributed by atoms with Gasteiger partial charge >= 0.3 is 0 Å². The van der Waals surface area contributed by atoms with Gasteiger partial charge in [-0.05, 0) is 42.5 Å². The summed E-state index contributed by atoms with van der Waals surface area (Å²) in [6.45, 7) is 5.69. The number of hydrogen-bond donors (Lipinski definition) is 2. The molecule has 0 bridgehead atoms. The van der Waals surface area contributed by atoms with E-state index in [0.29, 0.717) is 30.8 Å². The molecule has 1 aromatic carbocycles. The van der Waals surface area contributed by atoms with Crippen molar-refractivity contribution in [2.24, 2.45) is 23.3 Å². The average Bonchev–Trinajstić information content (AvgIpc) is 2.39. The number of para-hydroxylation sites is 1. The third-order valence-corrected chi connectivity index (χ3v) is 3.77. The van der Waals surface area contributed by atoms with E-state index in [9.17, 15) is 0 Å². The van der Waals surface area contributed by atoms with Crippen LogP contribution in [0.2, 0.25) is 0 Å². The normalized spacial score (nSPS) is 14.7. The summed E-state index contributed by atoms with van der Waals surface area (Å²) in [5.74, 6) is 2.14. The smallest absolute Gasteiger partial charge is 0.122 e. The summed E-state index contributed by atoms with van der Waals surface area (Å²) in [5.41, 5.74) is 12.7. The zero-order valence-electron chi connectivity index (χ0n) is 11.0. The maximum Gasteiger partial charge on any atom is 0.122 e. The molecule has 0 saturated carbocycles. The van der Waals surface area contributed by atoms with Crippen LogP contribution >= 0.6 is 0 Å². The predicted molar refractivity (Wildman–Crippen MR) is 72.2 cm³/mol. The first-order valence-corrected chi connectivity index (χ1v) is 6.18. The van der Waals surface area contributed by atoms with E-state index in [0.717, 1.165) is 5.75 Å². The highest BCUT2D eigenvalue weighted by atomic mass is 16.5. The average molecular weight is 236 g/mol. The lowest BCUT2D eigenvalue weighted by Crippen LogP contribution is -2.31. The number of ether oxygens (including phenoxy) is 1. The van der Waals surface area contributed by atoms with Crippen LogP contribution in [0.5, 0.6) is 5.75 Å². The summed E-state index contributed by atoms with van der Waals surface area (Å²) in [6, 6.07) is 8.15. The molecule has 2 atom stereocenters. The Hall–Kier alpha value is -1.06. The standard InChI is InChI=1S/C14H24N2O/c1-10(12(8-15)9-16)11(2)13-6-4-5-7-14(13)17-3/h4-7,10-12H,8-9,15-16H2,1-3H3. The molecule has 0 radical (unpaired) electrons. The first-order valence-electron chi connectivity index (χ1n) is 6.18. The fourth-order valence-electron chi connectivity index (χ4n) is 2.26. The topological polar surface area (TPSA) is 61.3 Å². The summed E-state index contributed by atoms with van der Waals surface area (Å²) in [4.78, 5) is 0. The zero-order valence-corrected chi connectivity index (χ0v) is 11.0. The predicted octanol–water partition coefficient (Wildman–Crippen LogP) is 1.97. The van der Waals surface area contributed by atoms with Crippen molar-refractivity contribution in [2.45, 2.75) is 19.8 Å². The molecule has 0 amide bonds. The van der Waals surface area contributed by atoms with Gasteiger partial charge in [-0.1, -0.05) is 32.0 Å². The monoisotopic (exact) mass is 236 g/mol. The SMILES string of the molecule is COc1ccccc1C(C)C(C)C(CN)CN. The van der Waals surface area contributed by atoms with Gasteiger partial charge in [-0.3, -0.25) is 0 Å². The minimum absolute atomic E-state index is 0.356. The first kappa shape index (κ1) is 14.0. The molecule has 0 aliphatic rings. The van der Waals surface area contributed by atoms with E-state index in [1.54, 1.807) is 7.11 Å². The molecule has 0 aromatic heterocycles. The third-order valence-electron chi connectivity index (χ3n) is 3.77. The van der Waals surface area contributed by atoms with Crippen molar-refractivity contribution in [3.63, 3.8) is 0 Å². The summed E-state index contributed by atoms with van der Waals surface area (Å²) in [7, 11) is 1.71. The molecule has 0 spiro atoms. The molecule has 17 heavy (non-hydrogen) atoms. The van der Waals surface area contributed by atoms with Gasteiger partial charge in [0.05, 0.1) is 7.11 Å². The van der Waals surface area contributed by atoms with Crippen LogP contribution in [0.25, 0.3) is 0 Å². The van der Waals surface area contributed by atoms with Crippen molar-refractivity contribution >= 4 is 0 Å². The summed E-state index contributed by atoms with van der Waals surface area (Å²) >= 11 is 0. The second kappa shape index (κ2) is 6.62. The van der Waals surface area contributed by atoms with Gasteiger partial charge in [0.1, 0.15) is 5.75 Å². The molecule has 1 rings (SSSR count). The molecule has 2 unspecified atom stereocenters. The van der Waals surface area contributed by atoms with Gasteiger partial charge in [0.25, 0.3) is 0 Å². The molecule has 0 fully saturated rings. The molecule has 96 valence electrons. The van der Waals surface area contributed by atoms with E-state index in [1.165, 1.54) is 5.56 Å². The Morgan fingerprint density at radius 2 is 1.71 bits per heavy atom. The summed E-state index contributed by atoms with van der Waals surface area (Å²) in [6.07, 6.45) is 0. The highest BCUT2D eigenvalue weighted by Gasteiger charge is 2.23. The lowest BCUT2D eigenvalue weighted by atomic mass is 9.80. The van der Waals surface area contributed by atoms with Crippen LogP contribution in [0.15, 0.2) is 24.3 Å². The van der Waals surface area contributed by atoms with Crippen molar-refractivity contribution in [3.8, 4) is 5.75 Å². The number of methoxy groups -OCH3 is 1. The number of hydrogen-bond acceptors (Lipinski definition) is 3. The Balaban J connectivity index is 2.91. The molecule has 0 aliphatic heterocycles. The molecular weight excluding hydrogens is 212 g/mol. The van der Waals surface area contributed by atoms with E-state index >= 15 is 0 Å². The Morgan fingerprint density at radius 1 is 1.12 bits per heavy atom. The van der Waals surface area contributed by atoms with Gasteiger partial charge in [-0.15, -0.1) is 0 Å². The Bertz CT molecular complexity index is 337. The van der Waals surface area contributed by atoms with Crippen LogP contribution in [-0.2, 0) is 0 Å². The quantitative estimate of drug-likeness (QED) is 0.794. The van der Waals surface area contributed by atoms with Gasteiger partial charge in [-0.25, -0.2) is 0 Å². The first-order chi connectivity index (χ1) is 8.15. The van der Waals surface area contributed by atoms with Gasteiger partial charge in [0.2, 0.25) is 0 Å². The number of rotatable bonds is 6. The van der Waals surface area contributed by atoms with E-state index in [1.807, 2.05) is 18.2 Å². The van der Waals surface area contributed by atoms with Crippen LogP contribution < -0.4 is 16.2 Å². The Kier molecular flexibility index (Phi) is 5.45. The molecule has 3 nitrogen and oxygen atoms in total. The van der Waals surface area contributed by atoms with E-state index in [4.69, 9.17) is 16.2 Å². The van der Waals surface area contributed by atoms with Crippen LogP contribution in [-0.4, -0.2) is 20.2 Å². The minimum Gasteiger partial charge on any atom is -0.496 e. The molecule has 3 heteroatoms. The largest absolute Gasteiger partial charge is 0.496 e. The van der Waals surface area contributed by atoms with Gasteiger partial charge in [-0.2, -0.15) is 0 Å². The lowest BCUT2D eigenvalue weighted by Gasteiger charge is -2.28. The lowest BCUT2D eigenvalue weighted by molar-refractivity contribution is 0.319. The maximum atomic E-state index is 5.76. The van der Waals surface area contributed by atoms with Crippen molar-refractivity contribution in [3.05, 3.63) is 29.8 Å². The van der Waals surface area contributed by atoms with Gasteiger partial charge < -0.3 is 16.2 Å². The van der Waals surface area contributed by atoms with E-state index in [2.05, 4.69) is 19.9 Å². The molecule has 0 aliphatic carbocycles. The van der Waals surface area contributed by atoms with Crippen molar-refractivity contribution in [1.82, 2.24) is 0 Å². The highest BCUT2D eigenvalue weighted by molar-refractivity contribution is 5.36.